The zero-order valence-corrected chi connectivity index (χ0v) is 11.8. The fourth-order valence-corrected chi connectivity index (χ4v) is 1.35. The number of rotatable bonds is 6. The normalized spacial score (nSPS) is 10.6. The minimum Gasteiger partial charge on any atom is -0.487 e. The van der Waals surface area contributed by atoms with Gasteiger partial charge in [-0.2, -0.15) is 0 Å². The Balaban J connectivity index is 2.68. The Bertz CT molecular complexity index is 491. The highest BCUT2D eigenvalue weighted by Gasteiger charge is 2.09. The van der Waals surface area contributed by atoms with Crippen molar-refractivity contribution >= 4 is 11.9 Å². The predicted octanol–water partition coefficient (Wildman–Crippen LogP) is 2.50. The van der Waals surface area contributed by atoms with Crippen molar-refractivity contribution in [2.75, 3.05) is 6.61 Å². The molecular weight excluding hydrogens is 260 g/mol. The maximum absolute atomic E-state index is 11.6. The molecule has 0 amide bonds. The Kier molecular flexibility index (Phi) is 6.29. The van der Waals surface area contributed by atoms with Crippen molar-refractivity contribution in [2.24, 2.45) is 0 Å². The number of esters is 2. The van der Waals surface area contributed by atoms with Crippen molar-refractivity contribution in [2.45, 2.75) is 26.9 Å². The molecular formula is C15H18O5. The van der Waals surface area contributed by atoms with Gasteiger partial charge in [0.1, 0.15) is 0 Å². The van der Waals surface area contributed by atoms with E-state index < -0.39 is 11.9 Å². The monoisotopic (exact) mass is 278 g/mol. The van der Waals surface area contributed by atoms with E-state index in [2.05, 4.69) is 4.74 Å². The summed E-state index contributed by atoms with van der Waals surface area (Å²) in [6.45, 7) is 5.69. The SMILES string of the molecule is CCOC(=O)/C=C/C(=O)Oc1ccccc1OC(C)C. The number of hydrogen-bond donors (Lipinski definition) is 0. The standard InChI is InChI=1S/C15H18O5/c1-4-18-14(16)9-10-15(17)20-13-8-6-5-7-12(13)19-11(2)3/h5-11H,4H2,1-3H3/b10-9+. The molecule has 0 aliphatic rings. The summed E-state index contributed by atoms with van der Waals surface area (Å²) in [6, 6.07) is 6.83. The van der Waals surface area contributed by atoms with Crippen LogP contribution in [-0.4, -0.2) is 24.6 Å². The summed E-state index contributed by atoms with van der Waals surface area (Å²) in [4.78, 5) is 22.7. The molecule has 0 aromatic heterocycles. The van der Waals surface area contributed by atoms with Gasteiger partial charge in [0.2, 0.25) is 0 Å². The Morgan fingerprint density at radius 1 is 1.10 bits per heavy atom. The molecule has 108 valence electrons. The van der Waals surface area contributed by atoms with Gasteiger partial charge in [0.05, 0.1) is 12.7 Å². The molecule has 0 spiro atoms. The van der Waals surface area contributed by atoms with E-state index >= 15 is 0 Å². The van der Waals surface area contributed by atoms with E-state index in [1.807, 2.05) is 13.8 Å². The molecule has 20 heavy (non-hydrogen) atoms. The lowest BCUT2D eigenvalue weighted by Crippen LogP contribution is -2.10. The summed E-state index contributed by atoms with van der Waals surface area (Å²) < 4.78 is 15.3. The third kappa shape index (κ3) is 5.56. The van der Waals surface area contributed by atoms with Crippen LogP contribution < -0.4 is 9.47 Å². The molecule has 0 unspecified atom stereocenters. The number of hydrogen-bond acceptors (Lipinski definition) is 5. The number of benzene rings is 1. The Hall–Kier alpha value is -2.30. The van der Waals surface area contributed by atoms with E-state index in [1.54, 1.807) is 31.2 Å². The molecule has 5 heteroatoms. The molecule has 5 nitrogen and oxygen atoms in total. The molecule has 0 fully saturated rings. The van der Waals surface area contributed by atoms with Gasteiger partial charge in [-0.05, 0) is 32.9 Å². The highest BCUT2D eigenvalue weighted by Crippen LogP contribution is 2.27. The van der Waals surface area contributed by atoms with Crippen molar-refractivity contribution in [3.05, 3.63) is 36.4 Å². The van der Waals surface area contributed by atoms with Crippen LogP contribution in [0.1, 0.15) is 20.8 Å². The molecule has 1 rings (SSSR count). The van der Waals surface area contributed by atoms with Gasteiger partial charge in [-0.25, -0.2) is 9.59 Å². The van der Waals surface area contributed by atoms with Crippen LogP contribution in [0.15, 0.2) is 36.4 Å². The first-order chi connectivity index (χ1) is 9.52. The maximum atomic E-state index is 11.6. The quantitative estimate of drug-likeness (QED) is 0.454. The Labute approximate surface area is 118 Å². The Morgan fingerprint density at radius 2 is 1.70 bits per heavy atom. The lowest BCUT2D eigenvalue weighted by atomic mass is 10.3. The largest absolute Gasteiger partial charge is 0.487 e. The van der Waals surface area contributed by atoms with Gasteiger partial charge in [-0.1, -0.05) is 12.1 Å². The van der Waals surface area contributed by atoms with E-state index in [4.69, 9.17) is 9.47 Å². The number of para-hydroxylation sites is 2. The van der Waals surface area contributed by atoms with Crippen LogP contribution in [0.3, 0.4) is 0 Å². The van der Waals surface area contributed by atoms with Crippen molar-refractivity contribution < 1.29 is 23.8 Å². The van der Waals surface area contributed by atoms with Crippen LogP contribution in [0.2, 0.25) is 0 Å². The average Bonchev–Trinajstić information content (AvgIpc) is 2.38. The number of carbonyl (C=O) groups is 2. The number of carbonyl (C=O) groups excluding carboxylic acids is 2. The second-order valence-electron chi connectivity index (χ2n) is 4.12. The molecule has 0 saturated carbocycles. The zero-order chi connectivity index (χ0) is 15.0. The summed E-state index contributed by atoms with van der Waals surface area (Å²) in [5.41, 5.74) is 0. The van der Waals surface area contributed by atoms with Crippen molar-refractivity contribution in [1.29, 1.82) is 0 Å². The summed E-state index contributed by atoms with van der Waals surface area (Å²) in [7, 11) is 0. The third-order valence-electron chi connectivity index (χ3n) is 2.06. The topological polar surface area (TPSA) is 61.8 Å². The van der Waals surface area contributed by atoms with E-state index in [0.717, 1.165) is 12.2 Å². The fraction of sp³-hybridized carbons (Fsp3) is 0.333. The van der Waals surface area contributed by atoms with Crippen LogP contribution in [-0.2, 0) is 14.3 Å². The lowest BCUT2D eigenvalue weighted by molar-refractivity contribution is -0.138. The summed E-state index contributed by atoms with van der Waals surface area (Å²) in [6.07, 6.45) is 2.01. The smallest absolute Gasteiger partial charge is 0.336 e. The Morgan fingerprint density at radius 3 is 2.30 bits per heavy atom. The van der Waals surface area contributed by atoms with Crippen LogP contribution >= 0.6 is 0 Å². The van der Waals surface area contributed by atoms with E-state index in [1.165, 1.54) is 0 Å². The first kappa shape index (κ1) is 15.8. The van der Waals surface area contributed by atoms with E-state index in [-0.39, 0.29) is 12.7 Å². The molecule has 0 saturated heterocycles. The molecule has 1 aromatic carbocycles. The first-order valence-electron chi connectivity index (χ1n) is 6.35. The summed E-state index contributed by atoms with van der Waals surface area (Å²) in [5.74, 6) is -0.478. The molecule has 0 atom stereocenters. The second-order valence-corrected chi connectivity index (χ2v) is 4.12. The third-order valence-corrected chi connectivity index (χ3v) is 2.06. The van der Waals surface area contributed by atoms with Crippen LogP contribution in [0.5, 0.6) is 11.5 Å². The van der Waals surface area contributed by atoms with Crippen LogP contribution in [0.25, 0.3) is 0 Å². The number of ether oxygens (including phenoxy) is 3. The van der Waals surface area contributed by atoms with Gasteiger partial charge in [0, 0.05) is 12.2 Å². The zero-order valence-electron chi connectivity index (χ0n) is 11.8. The molecule has 0 aliphatic carbocycles. The van der Waals surface area contributed by atoms with Crippen molar-refractivity contribution in [3.8, 4) is 11.5 Å². The molecule has 0 aliphatic heterocycles. The van der Waals surface area contributed by atoms with Crippen molar-refractivity contribution in [3.63, 3.8) is 0 Å². The maximum Gasteiger partial charge on any atom is 0.336 e. The minimum atomic E-state index is -0.669. The van der Waals surface area contributed by atoms with Crippen LogP contribution in [0.4, 0.5) is 0 Å². The first-order valence-corrected chi connectivity index (χ1v) is 6.35. The second kappa shape index (κ2) is 7.99. The average molecular weight is 278 g/mol. The van der Waals surface area contributed by atoms with E-state index in [0.29, 0.717) is 11.5 Å². The van der Waals surface area contributed by atoms with E-state index in [9.17, 15) is 9.59 Å². The van der Waals surface area contributed by atoms with Gasteiger partial charge < -0.3 is 14.2 Å². The molecule has 1 aromatic rings. The molecule has 0 N–H and O–H groups in total. The van der Waals surface area contributed by atoms with Crippen LogP contribution in [0, 0.1) is 0 Å². The van der Waals surface area contributed by atoms with Gasteiger partial charge in [0.25, 0.3) is 0 Å². The van der Waals surface area contributed by atoms with Gasteiger partial charge >= 0.3 is 11.9 Å². The summed E-state index contributed by atoms with van der Waals surface area (Å²) >= 11 is 0. The molecule has 0 radical (unpaired) electrons. The van der Waals surface area contributed by atoms with Gasteiger partial charge in [-0.3, -0.25) is 0 Å². The summed E-state index contributed by atoms with van der Waals surface area (Å²) in [5, 5.41) is 0. The highest BCUT2D eigenvalue weighted by atomic mass is 16.6. The highest BCUT2D eigenvalue weighted by molar-refractivity contribution is 5.92. The van der Waals surface area contributed by atoms with Gasteiger partial charge in [-0.15, -0.1) is 0 Å². The van der Waals surface area contributed by atoms with Gasteiger partial charge in [0.15, 0.2) is 11.5 Å². The fourth-order valence-electron chi connectivity index (χ4n) is 1.35. The minimum absolute atomic E-state index is 0.0371. The lowest BCUT2D eigenvalue weighted by Gasteiger charge is -2.13. The molecule has 0 bridgehead atoms. The molecule has 0 heterocycles. The predicted molar refractivity (Wildman–Crippen MR) is 73.6 cm³/mol. The van der Waals surface area contributed by atoms with Crippen molar-refractivity contribution in [1.82, 2.24) is 0 Å².